The molecule has 1 heterocycles. The number of hydrogen-bond donors (Lipinski definition) is 2. The molecule has 5 heteroatoms. The third-order valence-corrected chi connectivity index (χ3v) is 6.06. The Morgan fingerprint density at radius 3 is 2.42 bits per heavy atom. The van der Waals surface area contributed by atoms with E-state index in [1.807, 2.05) is 30.6 Å². The van der Waals surface area contributed by atoms with E-state index in [2.05, 4.69) is 72.4 Å². The normalized spacial score (nSPS) is 13.5. The highest BCUT2D eigenvalue weighted by atomic mass is 16.1. The molecule has 2 N–H and O–H groups in total. The van der Waals surface area contributed by atoms with Crippen molar-refractivity contribution in [2.75, 3.05) is 11.9 Å². The molecule has 1 aliphatic carbocycles. The van der Waals surface area contributed by atoms with Crippen LogP contribution in [0.5, 0.6) is 0 Å². The molecule has 0 spiro atoms. The molecule has 1 amide bonds. The zero-order chi connectivity index (χ0) is 22.9. The lowest BCUT2D eigenvalue weighted by atomic mass is 10.0. The number of nitrogens with zero attached hydrogens (tertiary/aromatic N) is 2. The van der Waals surface area contributed by atoms with Gasteiger partial charge < -0.3 is 10.6 Å². The van der Waals surface area contributed by atoms with Crippen molar-refractivity contribution in [3.05, 3.63) is 78.1 Å². The van der Waals surface area contributed by atoms with Crippen LogP contribution < -0.4 is 10.6 Å². The largest absolute Gasteiger partial charge is 0.383 e. The quantitative estimate of drug-likeness (QED) is 0.374. The molecule has 0 aliphatic heterocycles. The van der Waals surface area contributed by atoms with Gasteiger partial charge in [-0.15, -0.1) is 0 Å². The van der Waals surface area contributed by atoms with Gasteiger partial charge in [0, 0.05) is 23.8 Å². The van der Waals surface area contributed by atoms with E-state index in [9.17, 15) is 4.79 Å². The second-order valence-electron chi connectivity index (χ2n) is 9.44. The topological polar surface area (TPSA) is 59.0 Å². The van der Waals surface area contributed by atoms with Gasteiger partial charge in [0.25, 0.3) is 5.91 Å². The number of nitrogens with one attached hydrogen (secondary N) is 2. The first kappa shape index (κ1) is 21.3. The van der Waals surface area contributed by atoms with E-state index in [1.54, 1.807) is 0 Å². The van der Waals surface area contributed by atoms with Gasteiger partial charge in [0.1, 0.15) is 11.8 Å². The van der Waals surface area contributed by atoms with Crippen LogP contribution in [-0.2, 0) is 0 Å². The Labute approximate surface area is 194 Å². The van der Waals surface area contributed by atoms with Crippen LogP contribution in [-0.4, -0.2) is 28.0 Å². The molecule has 0 radical (unpaired) electrons. The summed E-state index contributed by atoms with van der Waals surface area (Å²) in [6.45, 7) is 7.39. The first-order chi connectivity index (χ1) is 16.0. The maximum Gasteiger partial charge on any atom is 0.251 e. The van der Waals surface area contributed by atoms with Crippen LogP contribution in [0.1, 0.15) is 42.6 Å². The Hall–Kier alpha value is -3.60. The van der Waals surface area contributed by atoms with E-state index < -0.39 is 0 Å². The van der Waals surface area contributed by atoms with Gasteiger partial charge in [-0.25, -0.2) is 4.98 Å². The van der Waals surface area contributed by atoms with Gasteiger partial charge in [0.05, 0.1) is 11.2 Å². The van der Waals surface area contributed by atoms with Crippen LogP contribution in [0.3, 0.4) is 0 Å². The van der Waals surface area contributed by atoms with Crippen molar-refractivity contribution < 1.29 is 4.79 Å². The number of carbonyl (C=O) groups excluding carboxylic acids is 1. The highest BCUT2D eigenvalue weighted by molar-refractivity contribution is 5.96. The first-order valence-electron chi connectivity index (χ1n) is 11.7. The number of rotatable bonds is 7. The first-order valence-corrected chi connectivity index (χ1v) is 11.7. The average Bonchev–Trinajstić information content (AvgIpc) is 3.53. The Kier molecular flexibility index (Phi) is 5.63. The van der Waals surface area contributed by atoms with Crippen molar-refractivity contribution in [1.82, 2.24) is 14.9 Å². The third kappa shape index (κ3) is 4.63. The highest BCUT2D eigenvalue weighted by Crippen LogP contribution is 2.32. The number of anilines is 1. The summed E-state index contributed by atoms with van der Waals surface area (Å²) in [5, 5.41) is 6.64. The molecule has 5 rings (SSSR count). The lowest BCUT2D eigenvalue weighted by Crippen LogP contribution is -2.25. The van der Waals surface area contributed by atoms with Crippen LogP contribution in [0, 0.1) is 12.8 Å². The number of aromatic nitrogens is 2. The lowest BCUT2D eigenvalue weighted by Gasteiger charge is -2.13. The molecular formula is C28H30N4O. The van der Waals surface area contributed by atoms with E-state index in [0.29, 0.717) is 17.5 Å². The molecule has 3 aromatic carbocycles. The smallest absolute Gasteiger partial charge is 0.251 e. The van der Waals surface area contributed by atoms with E-state index >= 15 is 0 Å². The number of imidazole rings is 1. The second kappa shape index (κ2) is 8.74. The van der Waals surface area contributed by atoms with Gasteiger partial charge in [-0.1, -0.05) is 43.7 Å². The van der Waals surface area contributed by atoms with Crippen LogP contribution in [0.15, 0.2) is 67.0 Å². The Balaban J connectivity index is 1.54. The molecular weight excluding hydrogens is 408 g/mol. The third-order valence-electron chi connectivity index (χ3n) is 6.06. The monoisotopic (exact) mass is 438 g/mol. The van der Waals surface area contributed by atoms with E-state index in [0.717, 1.165) is 47.4 Å². The zero-order valence-electron chi connectivity index (χ0n) is 19.4. The SMILES string of the molecule is Cc1ccc(-c2cc(NCC(C)C)c3ncn(-c4ccc(C(=O)NC5CC5)cc4)c3c2)cc1. The van der Waals surface area contributed by atoms with E-state index in [1.165, 1.54) is 11.1 Å². The fraction of sp³-hybridized carbons (Fsp3) is 0.286. The molecule has 5 nitrogen and oxygen atoms in total. The predicted molar refractivity (Wildman–Crippen MR) is 135 cm³/mol. The van der Waals surface area contributed by atoms with Gasteiger partial charge in [-0.05, 0) is 73.2 Å². The van der Waals surface area contributed by atoms with E-state index in [-0.39, 0.29) is 5.91 Å². The summed E-state index contributed by atoms with van der Waals surface area (Å²) in [7, 11) is 0. The molecule has 0 saturated heterocycles. The number of fused-ring (bicyclic) bond motifs is 1. The fourth-order valence-corrected chi connectivity index (χ4v) is 3.95. The number of amides is 1. The summed E-state index contributed by atoms with van der Waals surface area (Å²) in [4.78, 5) is 17.1. The molecule has 1 aliphatic rings. The molecule has 1 fully saturated rings. The molecule has 1 saturated carbocycles. The molecule has 168 valence electrons. The average molecular weight is 439 g/mol. The van der Waals surface area contributed by atoms with Gasteiger partial charge >= 0.3 is 0 Å². The summed E-state index contributed by atoms with van der Waals surface area (Å²) >= 11 is 0. The van der Waals surface area contributed by atoms with Crippen molar-refractivity contribution >= 4 is 22.6 Å². The van der Waals surface area contributed by atoms with Crippen molar-refractivity contribution in [2.45, 2.75) is 39.7 Å². The summed E-state index contributed by atoms with van der Waals surface area (Å²) in [5.74, 6) is 0.529. The van der Waals surface area contributed by atoms with Gasteiger partial charge in [-0.2, -0.15) is 0 Å². The highest BCUT2D eigenvalue weighted by Gasteiger charge is 2.23. The Morgan fingerprint density at radius 2 is 1.76 bits per heavy atom. The number of hydrogen-bond acceptors (Lipinski definition) is 3. The van der Waals surface area contributed by atoms with Gasteiger partial charge in [-0.3, -0.25) is 9.36 Å². The lowest BCUT2D eigenvalue weighted by molar-refractivity contribution is 0.0951. The fourth-order valence-electron chi connectivity index (χ4n) is 3.95. The van der Waals surface area contributed by atoms with Gasteiger partial charge in [0.15, 0.2) is 0 Å². The summed E-state index contributed by atoms with van der Waals surface area (Å²) in [5.41, 5.74) is 8.26. The van der Waals surface area contributed by atoms with Crippen LogP contribution >= 0.6 is 0 Å². The summed E-state index contributed by atoms with van der Waals surface area (Å²) < 4.78 is 2.09. The number of aryl methyl sites for hydroxylation is 1. The molecule has 4 aromatic rings. The van der Waals surface area contributed by atoms with Crippen LogP contribution in [0.2, 0.25) is 0 Å². The minimum Gasteiger partial charge on any atom is -0.383 e. The summed E-state index contributed by atoms with van der Waals surface area (Å²) in [6, 6.07) is 21.1. The predicted octanol–water partition coefficient (Wildman–Crippen LogP) is 5.96. The molecule has 0 unspecified atom stereocenters. The summed E-state index contributed by atoms with van der Waals surface area (Å²) in [6.07, 6.45) is 4.03. The minimum atomic E-state index is 0.00127. The maximum absolute atomic E-state index is 12.4. The van der Waals surface area contributed by atoms with Crippen LogP contribution in [0.4, 0.5) is 5.69 Å². The maximum atomic E-state index is 12.4. The Bertz CT molecular complexity index is 1280. The zero-order valence-corrected chi connectivity index (χ0v) is 19.4. The minimum absolute atomic E-state index is 0.00127. The van der Waals surface area contributed by atoms with E-state index in [4.69, 9.17) is 4.98 Å². The Morgan fingerprint density at radius 1 is 1.03 bits per heavy atom. The van der Waals surface area contributed by atoms with Gasteiger partial charge in [0.2, 0.25) is 0 Å². The number of carbonyl (C=O) groups is 1. The molecule has 0 atom stereocenters. The molecule has 33 heavy (non-hydrogen) atoms. The van der Waals surface area contributed by atoms with Crippen molar-refractivity contribution in [3.8, 4) is 16.8 Å². The van der Waals surface area contributed by atoms with Crippen LogP contribution in [0.25, 0.3) is 27.8 Å². The second-order valence-corrected chi connectivity index (χ2v) is 9.44. The van der Waals surface area contributed by atoms with Crippen molar-refractivity contribution in [1.29, 1.82) is 0 Å². The molecule has 0 bridgehead atoms. The molecule has 1 aromatic heterocycles. The standard InChI is InChI=1S/C28H30N4O/c1-18(2)16-29-25-14-22(20-6-4-19(3)5-7-20)15-26-27(25)30-17-32(26)24-12-8-21(9-13-24)28(33)31-23-10-11-23/h4-9,12-15,17-18,23,29H,10-11,16H2,1-3H3,(H,31,33). The van der Waals surface area contributed by atoms with Crippen molar-refractivity contribution in [3.63, 3.8) is 0 Å². The number of benzene rings is 3. The van der Waals surface area contributed by atoms with Crippen molar-refractivity contribution in [2.24, 2.45) is 5.92 Å².